The molecule has 3 amide bonds. The number of unbranched alkanes of at least 4 members (excludes halogenated alkanes) is 2. The summed E-state index contributed by atoms with van der Waals surface area (Å²) in [5.41, 5.74) is -3.51. The van der Waals surface area contributed by atoms with Crippen molar-refractivity contribution in [3.8, 4) is 0 Å². The van der Waals surface area contributed by atoms with Gasteiger partial charge in [0.25, 0.3) is 5.91 Å². The molecule has 1 unspecified atom stereocenters. The SMILES string of the molecule is CC(C)(C)OC(=O)CC[C@H](NP(=O)(OCCC[C@H](NC(=O)CC[C@H](NC(=O)CCCCCNC(=O)c1ccc(F)nc1)C(=O)O)C(=O)OC(C)(C)C)OC(C)(C)C)C(=O)OC(C)(C)C. The summed E-state index contributed by atoms with van der Waals surface area (Å²) in [5, 5.41) is 20.0. The first kappa shape index (κ1) is 57.5. The van der Waals surface area contributed by atoms with Crippen molar-refractivity contribution in [2.24, 2.45) is 0 Å². The number of esters is 3. The van der Waals surface area contributed by atoms with E-state index in [0.717, 1.165) is 12.3 Å². The van der Waals surface area contributed by atoms with Crippen molar-refractivity contribution in [1.82, 2.24) is 26.0 Å². The lowest BCUT2D eigenvalue weighted by atomic mass is 10.1. The number of amides is 3. The van der Waals surface area contributed by atoms with Crippen LogP contribution in [0.2, 0.25) is 0 Å². The Morgan fingerprint density at radius 3 is 1.75 bits per heavy atom. The van der Waals surface area contributed by atoms with Gasteiger partial charge in [0.15, 0.2) is 0 Å². The molecule has 4 atom stereocenters. The fraction of sp³-hybridized carbons (Fsp3) is 0.721. The minimum absolute atomic E-state index is 0.00425. The number of carboxylic acid groups (broad SMARTS) is 1. The summed E-state index contributed by atoms with van der Waals surface area (Å²) in [7, 11) is -4.36. The molecule has 0 aromatic carbocycles. The van der Waals surface area contributed by atoms with Gasteiger partial charge in [0.2, 0.25) is 17.8 Å². The van der Waals surface area contributed by atoms with Crippen molar-refractivity contribution in [2.75, 3.05) is 13.2 Å². The quantitative estimate of drug-likeness (QED) is 0.0241. The highest BCUT2D eigenvalue weighted by Crippen LogP contribution is 2.48. The van der Waals surface area contributed by atoms with Crippen molar-refractivity contribution in [3.63, 3.8) is 0 Å². The van der Waals surface area contributed by atoms with E-state index in [1.54, 1.807) is 83.1 Å². The molecule has 0 aliphatic carbocycles. The third-order valence-electron chi connectivity index (χ3n) is 8.03. The lowest BCUT2D eigenvalue weighted by molar-refractivity contribution is -0.160. The first-order chi connectivity index (χ1) is 29.3. The van der Waals surface area contributed by atoms with Gasteiger partial charge in [0.05, 0.1) is 17.8 Å². The molecule has 0 fully saturated rings. The van der Waals surface area contributed by atoms with Crippen LogP contribution in [0.15, 0.2) is 18.3 Å². The van der Waals surface area contributed by atoms with Crippen molar-refractivity contribution in [1.29, 1.82) is 0 Å². The topological polar surface area (TPSA) is 264 Å². The third kappa shape index (κ3) is 27.0. The normalized spacial score (nSPS) is 14.5. The van der Waals surface area contributed by atoms with E-state index in [0.29, 0.717) is 25.8 Å². The second kappa shape index (κ2) is 25.8. The highest BCUT2D eigenvalue weighted by atomic mass is 31.2. The fourth-order valence-corrected chi connectivity index (χ4v) is 7.35. The predicted molar refractivity (Wildman–Crippen MR) is 233 cm³/mol. The second-order valence-electron chi connectivity index (χ2n) is 19.1. The van der Waals surface area contributed by atoms with Gasteiger partial charge in [0.1, 0.15) is 34.9 Å². The first-order valence-electron chi connectivity index (χ1n) is 21.4. The molecule has 19 nitrogen and oxygen atoms in total. The van der Waals surface area contributed by atoms with Crippen LogP contribution in [-0.2, 0) is 56.6 Å². The van der Waals surface area contributed by atoms with Gasteiger partial charge in [-0.1, -0.05) is 6.42 Å². The van der Waals surface area contributed by atoms with E-state index in [-0.39, 0.29) is 57.1 Å². The summed E-state index contributed by atoms with van der Waals surface area (Å²) < 4.78 is 55.2. The summed E-state index contributed by atoms with van der Waals surface area (Å²) in [6, 6.07) is -1.60. The van der Waals surface area contributed by atoms with Gasteiger partial charge in [-0.3, -0.25) is 33.0 Å². The Morgan fingerprint density at radius 2 is 1.22 bits per heavy atom. The Morgan fingerprint density at radius 1 is 0.672 bits per heavy atom. The molecule has 0 spiro atoms. The van der Waals surface area contributed by atoms with Gasteiger partial charge in [-0.05, 0) is 134 Å². The maximum atomic E-state index is 14.2. The number of nitrogens with zero attached hydrogens (tertiary/aromatic N) is 1. The average Bonchev–Trinajstić information content (AvgIpc) is 3.11. The fourth-order valence-electron chi connectivity index (χ4n) is 5.47. The Kier molecular flexibility index (Phi) is 23.2. The van der Waals surface area contributed by atoms with Crippen molar-refractivity contribution >= 4 is 49.3 Å². The molecule has 5 N–H and O–H groups in total. The number of pyridine rings is 1. The smallest absolute Gasteiger partial charge is 0.406 e. The van der Waals surface area contributed by atoms with Crippen LogP contribution in [0.4, 0.5) is 4.39 Å². The highest BCUT2D eigenvalue weighted by molar-refractivity contribution is 7.51. The molecule has 0 saturated carbocycles. The molecule has 0 radical (unpaired) electrons. The molecule has 0 bridgehead atoms. The summed E-state index contributed by atoms with van der Waals surface area (Å²) in [6.07, 6.45) is 1.38. The molecule has 1 heterocycles. The predicted octanol–water partition coefficient (Wildman–Crippen LogP) is 5.83. The molecular formula is C43H71FN5O14P. The number of carbonyl (C=O) groups is 7. The van der Waals surface area contributed by atoms with Crippen LogP contribution >= 0.6 is 7.75 Å². The summed E-state index contributed by atoms with van der Waals surface area (Å²) in [6.45, 7) is 19.8. The van der Waals surface area contributed by atoms with Crippen molar-refractivity contribution in [2.45, 2.75) is 188 Å². The molecule has 21 heteroatoms. The zero-order valence-electron chi connectivity index (χ0n) is 39.5. The van der Waals surface area contributed by atoms with E-state index in [1.807, 2.05) is 0 Å². The van der Waals surface area contributed by atoms with Crippen molar-refractivity contribution < 1.29 is 70.9 Å². The molecule has 1 rings (SSSR count). The van der Waals surface area contributed by atoms with Gasteiger partial charge in [-0.15, -0.1) is 0 Å². The number of carboxylic acids is 1. The van der Waals surface area contributed by atoms with Gasteiger partial charge >= 0.3 is 31.6 Å². The van der Waals surface area contributed by atoms with Gasteiger partial charge < -0.3 is 35.3 Å². The second-order valence-corrected chi connectivity index (χ2v) is 20.8. The van der Waals surface area contributed by atoms with Crippen molar-refractivity contribution in [3.05, 3.63) is 29.8 Å². The Bertz CT molecular complexity index is 1770. The van der Waals surface area contributed by atoms with E-state index in [4.69, 9.17) is 23.3 Å². The largest absolute Gasteiger partial charge is 0.480 e. The van der Waals surface area contributed by atoms with Gasteiger partial charge in [0, 0.05) is 32.0 Å². The molecule has 0 saturated heterocycles. The Labute approximate surface area is 376 Å². The molecular weight excluding hydrogens is 860 g/mol. The summed E-state index contributed by atoms with van der Waals surface area (Å²) in [4.78, 5) is 92.3. The number of ether oxygens (including phenoxy) is 3. The van der Waals surface area contributed by atoms with E-state index in [2.05, 4.69) is 26.0 Å². The van der Waals surface area contributed by atoms with Gasteiger partial charge in [-0.25, -0.2) is 24.2 Å². The molecule has 0 aliphatic heterocycles. The van der Waals surface area contributed by atoms with E-state index in [1.165, 1.54) is 6.07 Å². The standard InChI is InChI=1S/C43H71FN5O14P/c1-40(2,3)60-35(52)24-21-31(39(57)62-42(7,8)9)49-64(58,63-43(10,11)12)59-26-16-17-30(38(56)61-41(4,5)6)48-34(51)23-20-29(37(54)55)47-33(50)18-14-13-15-25-45-36(53)28-19-22-32(44)46-27-28/h19,22,27,29-31H,13-18,20-21,23-26H2,1-12H3,(H,45,53)(H,47,50)(H,48,51)(H,49,58)(H,54,55)/t29-,30-,31-,64?/m0/s1. The monoisotopic (exact) mass is 931 g/mol. The minimum atomic E-state index is -4.36. The molecule has 364 valence electrons. The number of nitrogens with one attached hydrogen (secondary N) is 4. The van der Waals surface area contributed by atoms with E-state index < -0.39 is 95.8 Å². The zero-order chi connectivity index (χ0) is 49.1. The van der Waals surface area contributed by atoms with Crippen LogP contribution in [0.1, 0.15) is 158 Å². The van der Waals surface area contributed by atoms with Crippen LogP contribution in [-0.4, -0.2) is 105 Å². The molecule has 64 heavy (non-hydrogen) atoms. The number of rotatable bonds is 26. The lowest BCUT2D eigenvalue weighted by Gasteiger charge is -2.31. The highest BCUT2D eigenvalue weighted by Gasteiger charge is 2.38. The number of aliphatic carboxylic acids is 1. The number of aromatic nitrogens is 1. The number of halogens is 1. The summed E-state index contributed by atoms with van der Waals surface area (Å²) >= 11 is 0. The molecule has 0 aliphatic rings. The maximum absolute atomic E-state index is 14.2. The number of hydrogen-bond acceptors (Lipinski definition) is 14. The van der Waals surface area contributed by atoms with E-state index >= 15 is 0 Å². The molecule has 1 aromatic heterocycles. The lowest BCUT2D eigenvalue weighted by Crippen LogP contribution is -2.45. The Balaban J connectivity index is 2.92. The minimum Gasteiger partial charge on any atom is -0.480 e. The number of hydrogen-bond donors (Lipinski definition) is 5. The molecule has 1 aromatic rings. The third-order valence-corrected chi connectivity index (χ3v) is 9.97. The summed E-state index contributed by atoms with van der Waals surface area (Å²) in [5.74, 6) is -5.96. The first-order valence-corrected chi connectivity index (χ1v) is 22.9. The van der Waals surface area contributed by atoms with Crippen LogP contribution in [0.25, 0.3) is 0 Å². The van der Waals surface area contributed by atoms with Crippen LogP contribution < -0.4 is 21.0 Å². The van der Waals surface area contributed by atoms with Crippen LogP contribution in [0.3, 0.4) is 0 Å². The Hall–Kier alpha value is -4.52. The maximum Gasteiger partial charge on any atom is 0.406 e. The van der Waals surface area contributed by atoms with Gasteiger partial charge in [-0.2, -0.15) is 4.39 Å². The van der Waals surface area contributed by atoms with Crippen LogP contribution in [0, 0.1) is 5.95 Å². The van der Waals surface area contributed by atoms with E-state index in [9.17, 15) is 47.6 Å². The number of carbonyl (C=O) groups excluding carboxylic acids is 6. The zero-order valence-corrected chi connectivity index (χ0v) is 40.4. The van der Waals surface area contributed by atoms with Crippen LogP contribution in [0.5, 0.6) is 0 Å². The average molecular weight is 932 g/mol.